The molecule has 0 aliphatic carbocycles. The molecule has 3 aromatic carbocycles. The topological polar surface area (TPSA) is 50.1 Å². The molecule has 0 aliphatic heterocycles. The fourth-order valence-electron chi connectivity index (χ4n) is 3.24. The Bertz CT molecular complexity index is 1160. The number of carbonyl (C=O) groups excluding carboxylic acids is 1. The van der Waals surface area contributed by atoms with Gasteiger partial charge in [0.2, 0.25) is 0 Å². The van der Waals surface area contributed by atoms with E-state index in [0.29, 0.717) is 23.0 Å². The summed E-state index contributed by atoms with van der Waals surface area (Å²) in [5.74, 6) is 0.0729. The van der Waals surface area contributed by atoms with Crippen LogP contribution >= 0.6 is 0 Å². The van der Waals surface area contributed by atoms with E-state index in [0.717, 1.165) is 11.6 Å². The summed E-state index contributed by atoms with van der Waals surface area (Å²) in [7, 11) is 0. The average molecular weight is 421 g/mol. The van der Waals surface area contributed by atoms with Crippen molar-refractivity contribution in [2.24, 2.45) is 0 Å². The highest BCUT2D eigenvalue weighted by molar-refractivity contribution is 5.84. The number of nitriles is 1. The summed E-state index contributed by atoms with van der Waals surface area (Å²) in [6.45, 7) is 1.88. The summed E-state index contributed by atoms with van der Waals surface area (Å²) in [6.07, 6.45) is -1.58. The molecule has 3 nitrogen and oxygen atoms in total. The van der Waals surface area contributed by atoms with E-state index in [1.54, 1.807) is 25.1 Å². The van der Waals surface area contributed by atoms with Crippen LogP contribution in [0.5, 0.6) is 5.75 Å². The maximum atomic E-state index is 13.6. The summed E-state index contributed by atoms with van der Waals surface area (Å²) in [4.78, 5) is 11.2. The van der Waals surface area contributed by atoms with E-state index in [-0.39, 0.29) is 23.5 Å². The van der Waals surface area contributed by atoms with Gasteiger partial charge in [0, 0.05) is 5.56 Å². The number of benzene rings is 3. The van der Waals surface area contributed by atoms with Crippen molar-refractivity contribution in [2.45, 2.75) is 13.1 Å². The molecule has 0 amide bonds. The van der Waals surface area contributed by atoms with E-state index in [9.17, 15) is 23.2 Å². The first-order valence-electron chi connectivity index (χ1n) is 9.48. The molecule has 0 bridgehead atoms. The summed E-state index contributed by atoms with van der Waals surface area (Å²) in [5.41, 5.74) is 1.08. The lowest BCUT2D eigenvalue weighted by molar-refractivity contribution is -0.137. The highest BCUT2D eigenvalue weighted by atomic mass is 19.4. The molecule has 0 aliphatic rings. The van der Waals surface area contributed by atoms with Gasteiger partial charge in [-0.25, -0.2) is 0 Å². The summed E-state index contributed by atoms with van der Waals surface area (Å²) >= 11 is 0. The van der Waals surface area contributed by atoms with Crippen LogP contribution in [0.25, 0.3) is 23.3 Å². The fourth-order valence-corrected chi connectivity index (χ4v) is 3.24. The second kappa shape index (κ2) is 9.31. The molecule has 156 valence electrons. The standard InChI is InChI=1S/C25H18F3NO2/c1-2-31-24-14-19(23(25(26,27)28)13-20(24)16-30)12-11-18-9-6-10-21(22(18)15-29)17-7-4-3-5-8-17/h3-14,16H,2H2,1H3/b12-11+. The summed E-state index contributed by atoms with van der Waals surface area (Å²) in [6, 6.07) is 18.6. The lowest BCUT2D eigenvalue weighted by Gasteiger charge is -2.14. The number of aldehydes is 1. The maximum absolute atomic E-state index is 13.6. The number of hydrogen-bond acceptors (Lipinski definition) is 3. The Morgan fingerprint density at radius 1 is 0.968 bits per heavy atom. The molecule has 0 saturated heterocycles. The highest BCUT2D eigenvalue weighted by Crippen LogP contribution is 2.37. The van der Waals surface area contributed by atoms with Crippen LogP contribution < -0.4 is 4.74 Å². The lowest BCUT2D eigenvalue weighted by Crippen LogP contribution is -2.09. The molecular formula is C25H18F3NO2. The molecule has 0 saturated carbocycles. The fraction of sp³-hybridized carbons (Fsp3) is 0.120. The molecule has 3 rings (SSSR count). The molecule has 0 N–H and O–H groups in total. The Balaban J connectivity index is 2.13. The van der Waals surface area contributed by atoms with Gasteiger partial charge in [-0.3, -0.25) is 4.79 Å². The third-order valence-electron chi connectivity index (χ3n) is 4.65. The van der Waals surface area contributed by atoms with Crippen molar-refractivity contribution in [2.75, 3.05) is 6.61 Å². The van der Waals surface area contributed by atoms with Gasteiger partial charge < -0.3 is 4.74 Å². The van der Waals surface area contributed by atoms with Crippen molar-refractivity contribution in [3.05, 3.63) is 88.5 Å². The van der Waals surface area contributed by atoms with Gasteiger partial charge in [0.25, 0.3) is 0 Å². The Morgan fingerprint density at radius 3 is 2.29 bits per heavy atom. The quantitative estimate of drug-likeness (QED) is 0.332. The van der Waals surface area contributed by atoms with Crippen LogP contribution in [0, 0.1) is 11.3 Å². The minimum absolute atomic E-state index is 0.0729. The number of alkyl halides is 3. The van der Waals surface area contributed by atoms with E-state index in [4.69, 9.17) is 4.74 Å². The van der Waals surface area contributed by atoms with Crippen LogP contribution in [0.2, 0.25) is 0 Å². The minimum atomic E-state index is -4.66. The molecule has 0 heterocycles. The summed E-state index contributed by atoms with van der Waals surface area (Å²) < 4.78 is 46.1. The molecule has 0 radical (unpaired) electrons. The van der Waals surface area contributed by atoms with E-state index >= 15 is 0 Å². The zero-order valence-corrected chi connectivity index (χ0v) is 16.6. The van der Waals surface area contributed by atoms with Crippen LogP contribution in [0.15, 0.2) is 60.7 Å². The van der Waals surface area contributed by atoms with Crippen molar-refractivity contribution in [1.82, 2.24) is 0 Å². The number of hydrogen-bond donors (Lipinski definition) is 0. The van der Waals surface area contributed by atoms with Gasteiger partial charge in [0.15, 0.2) is 6.29 Å². The second-order valence-electron chi connectivity index (χ2n) is 6.61. The van der Waals surface area contributed by atoms with Gasteiger partial charge in [-0.05, 0) is 35.7 Å². The number of rotatable bonds is 6. The second-order valence-corrected chi connectivity index (χ2v) is 6.61. The van der Waals surface area contributed by atoms with Gasteiger partial charge in [-0.15, -0.1) is 0 Å². The predicted octanol–water partition coefficient (Wildman–Crippen LogP) is 6.63. The average Bonchev–Trinajstić information content (AvgIpc) is 2.77. The van der Waals surface area contributed by atoms with Crippen molar-refractivity contribution < 1.29 is 22.7 Å². The Kier molecular flexibility index (Phi) is 6.56. The van der Waals surface area contributed by atoms with E-state index < -0.39 is 11.7 Å². The monoisotopic (exact) mass is 421 g/mol. The lowest BCUT2D eigenvalue weighted by atomic mass is 9.95. The number of ether oxygens (including phenoxy) is 1. The molecule has 31 heavy (non-hydrogen) atoms. The zero-order valence-electron chi connectivity index (χ0n) is 16.6. The van der Waals surface area contributed by atoms with Gasteiger partial charge in [0.1, 0.15) is 11.8 Å². The number of halogens is 3. The third kappa shape index (κ3) is 4.84. The zero-order chi connectivity index (χ0) is 22.4. The molecule has 6 heteroatoms. The third-order valence-corrected chi connectivity index (χ3v) is 4.65. The van der Waals surface area contributed by atoms with Gasteiger partial charge in [0.05, 0.1) is 23.3 Å². The Labute approximate surface area is 178 Å². The first-order valence-corrected chi connectivity index (χ1v) is 9.48. The Hall–Kier alpha value is -3.85. The maximum Gasteiger partial charge on any atom is 0.417 e. The molecule has 0 spiro atoms. The van der Waals surface area contributed by atoms with Crippen molar-refractivity contribution in [3.8, 4) is 22.9 Å². The van der Waals surface area contributed by atoms with Gasteiger partial charge in [-0.2, -0.15) is 18.4 Å². The number of nitrogens with zero attached hydrogens (tertiary/aromatic N) is 1. The molecule has 0 unspecified atom stereocenters. The molecule has 3 aromatic rings. The molecule has 0 fully saturated rings. The summed E-state index contributed by atoms with van der Waals surface area (Å²) in [5, 5.41) is 9.70. The predicted molar refractivity (Wildman–Crippen MR) is 114 cm³/mol. The van der Waals surface area contributed by atoms with E-state index in [1.165, 1.54) is 18.2 Å². The van der Waals surface area contributed by atoms with E-state index in [2.05, 4.69) is 6.07 Å². The largest absolute Gasteiger partial charge is 0.493 e. The van der Waals surface area contributed by atoms with E-state index in [1.807, 2.05) is 30.3 Å². The smallest absolute Gasteiger partial charge is 0.417 e. The normalized spacial score (nSPS) is 11.3. The van der Waals surface area contributed by atoms with Crippen LogP contribution in [0.3, 0.4) is 0 Å². The first-order chi connectivity index (χ1) is 14.9. The minimum Gasteiger partial charge on any atom is -0.493 e. The molecule has 0 aromatic heterocycles. The van der Waals surface area contributed by atoms with Crippen molar-refractivity contribution in [1.29, 1.82) is 5.26 Å². The van der Waals surface area contributed by atoms with Crippen LogP contribution in [0.4, 0.5) is 13.2 Å². The van der Waals surface area contributed by atoms with Crippen LogP contribution in [-0.4, -0.2) is 12.9 Å². The van der Waals surface area contributed by atoms with Gasteiger partial charge >= 0.3 is 6.18 Å². The van der Waals surface area contributed by atoms with Crippen LogP contribution in [-0.2, 0) is 6.18 Å². The van der Waals surface area contributed by atoms with Crippen LogP contribution in [0.1, 0.15) is 39.5 Å². The SMILES string of the molecule is CCOc1cc(/C=C/c2cccc(-c3ccccc3)c2C#N)c(C(F)(F)F)cc1C=O. The first kappa shape index (κ1) is 21.8. The highest BCUT2D eigenvalue weighted by Gasteiger charge is 2.34. The van der Waals surface area contributed by atoms with Crippen molar-refractivity contribution in [3.63, 3.8) is 0 Å². The van der Waals surface area contributed by atoms with Gasteiger partial charge in [-0.1, -0.05) is 60.7 Å². The molecule has 0 atom stereocenters. The number of carbonyl (C=O) groups is 1. The Morgan fingerprint density at radius 2 is 1.68 bits per heavy atom. The molecular weight excluding hydrogens is 403 g/mol. The van der Waals surface area contributed by atoms with Crippen molar-refractivity contribution >= 4 is 18.4 Å².